The molecule has 5 aromatic rings. The number of nitrogens with zero attached hydrogens (tertiary/aromatic N) is 3. The van der Waals surface area contributed by atoms with Crippen LogP contribution in [0.3, 0.4) is 0 Å². The molecular formula is C39H43N7O4. The second-order valence-electron chi connectivity index (χ2n) is 14.1. The number of rotatable bonds is 8. The van der Waals surface area contributed by atoms with Crippen molar-refractivity contribution in [2.75, 3.05) is 26.3 Å². The molecule has 3 fully saturated rings. The van der Waals surface area contributed by atoms with Gasteiger partial charge in [0.25, 0.3) is 0 Å². The number of benzene rings is 3. The fraction of sp³-hybridized carbons (Fsp3) is 0.385. The van der Waals surface area contributed by atoms with Gasteiger partial charge in [-0.2, -0.15) is 0 Å². The van der Waals surface area contributed by atoms with Crippen LogP contribution in [-0.4, -0.2) is 74.8 Å². The number of likely N-dealkylation sites (tertiary alicyclic amines) is 1. The van der Waals surface area contributed by atoms with Crippen molar-refractivity contribution >= 4 is 22.6 Å². The topological polar surface area (TPSA) is 137 Å². The Morgan fingerprint density at radius 3 is 2.16 bits per heavy atom. The lowest BCUT2D eigenvalue weighted by Gasteiger charge is -2.30. The van der Waals surface area contributed by atoms with Gasteiger partial charge in [-0.15, -0.1) is 0 Å². The van der Waals surface area contributed by atoms with Gasteiger partial charge in [-0.3, -0.25) is 9.59 Å². The van der Waals surface area contributed by atoms with Crippen molar-refractivity contribution in [3.63, 3.8) is 0 Å². The Morgan fingerprint density at radius 1 is 0.860 bits per heavy atom. The first kappa shape index (κ1) is 32.4. The average molecular weight is 674 g/mol. The maximum atomic E-state index is 13.9. The Balaban J connectivity index is 1.000. The van der Waals surface area contributed by atoms with Gasteiger partial charge in [0.05, 0.1) is 55.6 Å². The molecule has 1 spiro atoms. The van der Waals surface area contributed by atoms with E-state index in [9.17, 15) is 9.59 Å². The highest BCUT2D eigenvalue weighted by Crippen LogP contribution is 2.43. The summed E-state index contributed by atoms with van der Waals surface area (Å²) in [6.07, 6.45) is 6.50. The predicted octanol–water partition coefficient (Wildman–Crippen LogP) is 5.89. The summed E-state index contributed by atoms with van der Waals surface area (Å²) in [5.74, 6) is 0.302. The number of carbonyl (C=O) groups excluding carboxylic acids is 2. The van der Waals surface area contributed by atoms with Gasteiger partial charge in [-0.25, -0.2) is 9.97 Å². The molecule has 3 unspecified atom stereocenters. The summed E-state index contributed by atoms with van der Waals surface area (Å²) >= 11 is 0. The fourth-order valence-electron chi connectivity index (χ4n) is 7.60. The van der Waals surface area contributed by atoms with Crippen molar-refractivity contribution < 1.29 is 19.1 Å². The van der Waals surface area contributed by atoms with Crippen LogP contribution in [0.15, 0.2) is 73.1 Å². The molecule has 2 aromatic heterocycles. The first-order chi connectivity index (χ1) is 24.2. The monoisotopic (exact) mass is 673 g/mol. The van der Waals surface area contributed by atoms with Gasteiger partial charge < -0.3 is 35.0 Å². The van der Waals surface area contributed by atoms with Gasteiger partial charge in [0.15, 0.2) is 5.79 Å². The molecule has 50 heavy (non-hydrogen) atoms. The number of imidazole rings is 2. The molecule has 2 amide bonds. The molecule has 0 radical (unpaired) electrons. The van der Waals surface area contributed by atoms with Gasteiger partial charge >= 0.3 is 0 Å². The molecule has 3 saturated heterocycles. The van der Waals surface area contributed by atoms with Crippen LogP contribution in [0.5, 0.6) is 0 Å². The summed E-state index contributed by atoms with van der Waals surface area (Å²) < 4.78 is 12.0. The van der Waals surface area contributed by atoms with Crippen molar-refractivity contribution in [1.82, 2.24) is 35.5 Å². The zero-order valence-electron chi connectivity index (χ0n) is 28.7. The van der Waals surface area contributed by atoms with Crippen LogP contribution in [-0.2, 0) is 19.1 Å². The van der Waals surface area contributed by atoms with Crippen molar-refractivity contribution in [3.8, 4) is 33.6 Å². The minimum Gasteiger partial charge on any atom is -0.346 e. The predicted molar refractivity (Wildman–Crippen MR) is 191 cm³/mol. The summed E-state index contributed by atoms with van der Waals surface area (Å²) in [5, 5.41) is 8.69. The van der Waals surface area contributed by atoms with Crippen LogP contribution in [0.2, 0.25) is 0 Å². The minimum atomic E-state index is -0.872. The molecule has 11 heteroatoms. The Bertz CT molecular complexity index is 2020. The van der Waals surface area contributed by atoms with E-state index in [1.807, 2.05) is 26.2 Å². The SMILES string of the molecule is CC(=O)NC(C(=O)N1CC2(CC1c1ncc(-c3ccc(-c4ccc5cc(-c6cnc(C7CCCN7)[nH]6)ccc5c4)cc3)[nH]1)OCCO2)C(C)C. The lowest BCUT2D eigenvalue weighted by atomic mass is 9.98. The molecular weight excluding hydrogens is 630 g/mol. The van der Waals surface area contributed by atoms with E-state index in [-0.39, 0.29) is 30.3 Å². The van der Waals surface area contributed by atoms with E-state index in [1.54, 1.807) is 4.90 Å². The third-order valence-electron chi connectivity index (χ3n) is 10.3. The number of carbonyl (C=O) groups is 2. The summed E-state index contributed by atoms with van der Waals surface area (Å²) in [6, 6.07) is 20.8. The van der Waals surface area contributed by atoms with Gasteiger partial charge in [-0.1, -0.05) is 62.4 Å². The minimum absolute atomic E-state index is 0.0887. The van der Waals surface area contributed by atoms with Crippen LogP contribution in [0, 0.1) is 5.92 Å². The molecule has 8 rings (SSSR count). The summed E-state index contributed by atoms with van der Waals surface area (Å²) in [7, 11) is 0. The van der Waals surface area contributed by atoms with Crippen molar-refractivity contribution in [2.24, 2.45) is 5.92 Å². The molecule has 3 aliphatic heterocycles. The summed E-state index contributed by atoms with van der Waals surface area (Å²) in [6.45, 7) is 7.56. The van der Waals surface area contributed by atoms with Crippen molar-refractivity contribution in [2.45, 2.75) is 63.9 Å². The van der Waals surface area contributed by atoms with Crippen molar-refractivity contribution in [1.29, 1.82) is 0 Å². The van der Waals surface area contributed by atoms with E-state index < -0.39 is 11.8 Å². The Hall–Kier alpha value is -4.84. The highest BCUT2D eigenvalue weighted by molar-refractivity contribution is 5.91. The van der Waals surface area contributed by atoms with Crippen LogP contribution in [0.1, 0.15) is 63.8 Å². The third kappa shape index (κ3) is 6.21. The number of aromatic amines is 2. The van der Waals surface area contributed by atoms with Gasteiger partial charge in [0, 0.05) is 18.9 Å². The Morgan fingerprint density at radius 2 is 1.48 bits per heavy atom. The maximum Gasteiger partial charge on any atom is 0.246 e. The van der Waals surface area contributed by atoms with Crippen molar-refractivity contribution in [3.05, 3.63) is 84.7 Å². The smallest absolute Gasteiger partial charge is 0.246 e. The number of hydrogen-bond acceptors (Lipinski definition) is 7. The van der Waals surface area contributed by atoms with E-state index >= 15 is 0 Å². The number of aromatic nitrogens is 4. The van der Waals surface area contributed by atoms with E-state index in [2.05, 4.69) is 86.2 Å². The zero-order valence-corrected chi connectivity index (χ0v) is 28.7. The fourth-order valence-corrected chi connectivity index (χ4v) is 7.60. The summed E-state index contributed by atoms with van der Waals surface area (Å²) in [4.78, 5) is 43.9. The van der Waals surface area contributed by atoms with Gasteiger partial charge in [0.1, 0.15) is 17.7 Å². The second kappa shape index (κ2) is 13.1. The average Bonchev–Trinajstić information content (AvgIpc) is 3.97. The number of hydrogen-bond donors (Lipinski definition) is 4. The first-order valence-electron chi connectivity index (χ1n) is 17.6. The maximum absolute atomic E-state index is 13.9. The number of fused-ring (bicyclic) bond motifs is 1. The van der Waals surface area contributed by atoms with Crippen LogP contribution in [0.4, 0.5) is 0 Å². The molecule has 0 aliphatic carbocycles. The molecule has 0 saturated carbocycles. The zero-order chi connectivity index (χ0) is 34.4. The standard InChI is InChI=1S/C39H43N7O4/c1-23(2)35(43-24(3)47)38(48)46-22-39(49-15-16-50-39)19-34(46)37-42-20-32(45-37)26-8-6-25(7-9-26)27-10-11-29-18-30(13-12-28(29)17-27)33-21-41-36(44-33)31-5-4-14-40-31/h6-13,17-18,20-21,23,31,34-35,40H,4-5,14-16,19,22H2,1-3H3,(H,41,44)(H,42,45)(H,43,47). The molecule has 3 atom stereocenters. The molecule has 5 heterocycles. The number of amides is 2. The molecule has 3 aliphatic rings. The lowest BCUT2D eigenvalue weighted by molar-refractivity contribution is -0.154. The van der Waals surface area contributed by atoms with E-state index in [1.165, 1.54) is 24.1 Å². The summed E-state index contributed by atoms with van der Waals surface area (Å²) in [5.41, 5.74) is 6.26. The van der Waals surface area contributed by atoms with Crippen LogP contribution >= 0.6 is 0 Å². The Labute approximate surface area is 291 Å². The normalized spacial score (nSPS) is 20.7. The van der Waals surface area contributed by atoms with Gasteiger partial charge in [-0.05, 0) is 64.9 Å². The first-order valence-corrected chi connectivity index (χ1v) is 17.6. The quantitative estimate of drug-likeness (QED) is 0.161. The number of H-pyrrole nitrogens is 2. The van der Waals surface area contributed by atoms with Crippen LogP contribution in [0.25, 0.3) is 44.4 Å². The molecule has 258 valence electrons. The molecule has 4 N–H and O–H groups in total. The third-order valence-corrected chi connectivity index (χ3v) is 10.3. The van der Waals surface area contributed by atoms with Gasteiger partial charge in [0.2, 0.25) is 11.8 Å². The molecule has 11 nitrogen and oxygen atoms in total. The second-order valence-corrected chi connectivity index (χ2v) is 14.1. The highest BCUT2D eigenvalue weighted by atomic mass is 16.7. The number of nitrogens with one attached hydrogen (secondary N) is 4. The van der Waals surface area contributed by atoms with E-state index in [0.29, 0.717) is 31.5 Å². The van der Waals surface area contributed by atoms with Crippen LogP contribution < -0.4 is 10.6 Å². The Kier molecular flexibility index (Phi) is 8.50. The lowest BCUT2D eigenvalue weighted by Crippen LogP contribution is -2.51. The molecule has 0 bridgehead atoms. The van der Waals surface area contributed by atoms with E-state index in [0.717, 1.165) is 52.4 Å². The van der Waals surface area contributed by atoms with E-state index in [4.69, 9.17) is 14.5 Å². The molecule has 3 aromatic carbocycles. The largest absolute Gasteiger partial charge is 0.346 e. The highest BCUT2D eigenvalue weighted by Gasteiger charge is 2.52. The number of ether oxygens (including phenoxy) is 2.